The summed E-state index contributed by atoms with van der Waals surface area (Å²) in [6.07, 6.45) is 5.88. The van der Waals surface area contributed by atoms with Crippen LogP contribution >= 0.6 is 0 Å². The lowest BCUT2D eigenvalue weighted by Gasteiger charge is -2.40. The number of fused-ring (bicyclic) bond motifs is 1. The first-order valence-electron chi connectivity index (χ1n) is 10.4. The number of hydrogen-bond donors (Lipinski definition) is 0. The maximum Gasteiger partial charge on any atom is 0.165 e. The predicted molar refractivity (Wildman–Crippen MR) is 112 cm³/mol. The Morgan fingerprint density at radius 1 is 1.07 bits per heavy atom. The summed E-state index contributed by atoms with van der Waals surface area (Å²) in [5.41, 5.74) is 2.78. The monoisotopic (exact) mass is 393 g/mol. The van der Waals surface area contributed by atoms with Crippen molar-refractivity contribution in [1.29, 1.82) is 0 Å². The zero-order valence-electron chi connectivity index (χ0n) is 17.1. The van der Waals surface area contributed by atoms with Gasteiger partial charge in [0.1, 0.15) is 5.82 Å². The summed E-state index contributed by atoms with van der Waals surface area (Å²) < 4.78 is 7.37. The minimum Gasteiger partial charge on any atom is -0.379 e. The molecule has 3 aromatic rings. The van der Waals surface area contributed by atoms with Crippen LogP contribution in [0.5, 0.6) is 0 Å². The molecule has 0 saturated carbocycles. The molecule has 5 rings (SSSR count). The Balaban J connectivity index is 1.47. The number of aryl methyl sites for hydroxylation is 2. The van der Waals surface area contributed by atoms with Gasteiger partial charge in [-0.05, 0) is 31.9 Å². The molecule has 2 fully saturated rings. The lowest BCUT2D eigenvalue weighted by Crippen LogP contribution is -2.49. The van der Waals surface area contributed by atoms with Crippen molar-refractivity contribution in [3.8, 4) is 11.4 Å². The largest absolute Gasteiger partial charge is 0.379 e. The molecule has 0 N–H and O–H groups in total. The van der Waals surface area contributed by atoms with Gasteiger partial charge in [0.25, 0.3) is 0 Å². The molecule has 8 heteroatoms. The van der Waals surface area contributed by atoms with Gasteiger partial charge in [-0.3, -0.25) is 14.6 Å². The first-order valence-corrected chi connectivity index (χ1v) is 10.4. The molecule has 5 heterocycles. The average Bonchev–Trinajstić information content (AvgIpc) is 3.08. The van der Waals surface area contributed by atoms with Gasteiger partial charge in [0.2, 0.25) is 0 Å². The Labute approximate surface area is 170 Å². The van der Waals surface area contributed by atoms with Crippen LogP contribution in [0, 0.1) is 6.92 Å². The van der Waals surface area contributed by atoms with Crippen LogP contribution < -0.4 is 4.90 Å². The molecule has 29 heavy (non-hydrogen) atoms. The lowest BCUT2D eigenvalue weighted by molar-refractivity contribution is 0.0115. The van der Waals surface area contributed by atoms with Crippen LogP contribution in [0.4, 0.5) is 5.82 Å². The zero-order valence-corrected chi connectivity index (χ0v) is 17.1. The maximum absolute atomic E-state index is 5.52. The van der Waals surface area contributed by atoms with Crippen molar-refractivity contribution in [3.63, 3.8) is 0 Å². The van der Waals surface area contributed by atoms with E-state index in [1.807, 2.05) is 37.0 Å². The molecule has 0 bridgehead atoms. The summed E-state index contributed by atoms with van der Waals surface area (Å²) >= 11 is 0. The van der Waals surface area contributed by atoms with Gasteiger partial charge in [0.05, 0.1) is 24.3 Å². The molecule has 0 spiro atoms. The molecular formula is C21H27N7O. The van der Waals surface area contributed by atoms with Crippen molar-refractivity contribution < 1.29 is 4.74 Å². The molecule has 0 unspecified atom stereocenters. The summed E-state index contributed by atoms with van der Waals surface area (Å²) in [7, 11) is 1.95. The Morgan fingerprint density at radius 3 is 2.59 bits per heavy atom. The zero-order chi connectivity index (χ0) is 19.8. The van der Waals surface area contributed by atoms with Crippen molar-refractivity contribution in [1.82, 2.24) is 29.6 Å². The second kappa shape index (κ2) is 7.68. The summed E-state index contributed by atoms with van der Waals surface area (Å²) in [6.45, 7) is 7.85. The molecule has 3 aromatic heterocycles. The van der Waals surface area contributed by atoms with Gasteiger partial charge in [-0.25, -0.2) is 9.97 Å². The number of ether oxygens (including phenoxy) is 1. The molecule has 0 amide bonds. The second-order valence-electron chi connectivity index (χ2n) is 7.89. The van der Waals surface area contributed by atoms with Gasteiger partial charge in [-0.2, -0.15) is 5.10 Å². The third-order valence-corrected chi connectivity index (χ3v) is 6.08. The fraction of sp³-hybridized carbons (Fsp3) is 0.524. The quantitative estimate of drug-likeness (QED) is 0.674. The van der Waals surface area contributed by atoms with Crippen molar-refractivity contribution in [2.75, 3.05) is 44.3 Å². The number of aromatic nitrogens is 5. The van der Waals surface area contributed by atoms with E-state index in [0.717, 1.165) is 80.3 Å². The minimum absolute atomic E-state index is 0.639. The van der Waals surface area contributed by atoms with E-state index in [1.165, 1.54) is 0 Å². The Kier molecular flexibility index (Phi) is 4.89. The highest BCUT2D eigenvalue weighted by Crippen LogP contribution is 2.31. The molecule has 0 aliphatic carbocycles. The number of hydrogen-bond acceptors (Lipinski definition) is 7. The van der Waals surface area contributed by atoms with Crippen molar-refractivity contribution in [3.05, 3.63) is 30.2 Å². The van der Waals surface area contributed by atoms with E-state index in [2.05, 4.69) is 19.9 Å². The van der Waals surface area contributed by atoms with Gasteiger partial charge in [-0.1, -0.05) is 0 Å². The van der Waals surface area contributed by atoms with Crippen molar-refractivity contribution in [2.24, 2.45) is 7.05 Å². The van der Waals surface area contributed by atoms with Crippen LogP contribution in [0.15, 0.2) is 24.5 Å². The highest BCUT2D eigenvalue weighted by molar-refractivity contribution is 5.91. The van der Waals surface area contributed by atoms with E-state index in [4.69, 9.17) is 14.7 Å². The van der Waals surface area contributed by atoms with E-state index in [9.17, 15) is 0 Å². The lowest BCUT2D eigenvalue weighted by atomic mass is 10.0. The average molecular weight is 393 g/mol. The van der Waals surface area contributed by atoms with E-state index >= 15 is 0 Å². The Bertz CT molecular complexity index is 989. The maximum atomic E-state index is 5.52. The van der Waals surface area contributed by atoms with Gasteiger partial charge in [0.15, 0.2) is 11.5 Å². The number of morpholine rings is 1. The predicted octanol–water partition coefficient (Wildman–Crippen LogP) is 2.03. The first kappa shape index (κ1) is 18.4. The van der Waals surface area contributed by atoms with E-state index in [0.29, 0.717) is 11.9 Å². The number of rotatable bonds is 3. The fourth-order valence-corrected chi connectivity index (χ4v) is 4.56. The van der Waals surface area contributed by atoms with Crippen LogP contribution in [0.25, 0.3) is 22.4 Å². The van der Waals surface area contributed by atoms with Crippen LogP contribution in [0.3, 0.4) is 0 Å². The molecule has 2 aliphatic rings. The van der Waals surface area contributed by atoms with E-state index in [-0.39, 0.29) is 0 Å². The molecule has 0 radical (unpaired) electrons. The topological polar surface area (TPSA) is 72.2 Å². The minimum atomic E-state index is 0.639. The van der Waals surface area contributed by atoms with Crippen LogP contribution in [-0.2, 0) is 11.8 Å². The SMILES string of the molecule is Cc1nn(C)c2nc(-c3cccnc3)nc(N3CCC(N4CCOCC4)CC3)c12. The fourth-order valence-electron chi connectivity index (χ4n) is 4.56. The van der Waals surface area contributed by atoms with Crippen LogP contribution in [0.1, 0.15) is 18.5 Å². The number of pyridine rings is 1. The molecule has 8 nitrogen and oxygen atoms in total. The highest BCUT2D eigenvalue weighted by atomic mass is 16.5. The Morgan fingerprint density at radius 2 is 1.86 bits per heavy atom. The second-order valence-corrected chi connectivity index (χ2v) is 7.89. The molecule has 2 aliphatic heterocycles. The Hall–Kier alpha value is -2.58. The van der Waals surface area contributed by atoms with Gasteiger partial charge >= 0.3 is 0 Å². The summed E-state index contributed by atoms with van der Waals surface area (Å²) in [6, 6.07) is 4.57. The molecule has 0 atom stereocenters. The number of anilines is 1. The summed E-state index contributed by atoms with van der Waals surface area (Å²) in [4.78, 5) is 19.0. The van der Waals surface area contributed by atoms with Crippen molar-refractivity contribution >= 4 is 16.9 Å². The van der Waals surface area contributed by atoms with Crippen LogP contribution in [0.2, 0.25) is 0 Å². The number of nitrogens with zero attached hydrogens (tertiary/aromatic N) is 7. The first-order chi connectivity index (χ1) is 14.2. The third-order valence-electron chi connectivity index (χ3n) is 6.08. The summed E-state index contributed by atoms with van der Waals surface area (Å²) in [5.74, 6) is 1.71. The molecule has 0 aromatic carbocycles. The van der Waals surface area contributed by atoms with Gasteiger partial charge in [0, 0.05) is 57.2 Å². The normalized spacial score (nSPS) is 19.2. The van der Waals surface area contributed by atoms with E-state index < -0.39 is 0 Å². The van der Waals surface area contributed by atoms with Crippen LogP contribution in [-0.4, -0.2) is 75.1 Å². The highest BCUT2D eigenvalue weighted by Gasteiger charge is 2.28. The summed E-state index contributed by atoms with van der Waals surface area (Å²) in [5, 5.41) is 5.68. The van der Waals surface area contributed by atoms with Crippen molar-refractivity contribution in [2.45, 2.75) is 25.8 Å². The molecule has 152 valence electrons. The third kappa shape index (κ3) is 3.47. The van der Waals surface area contributed by atoms with Gasteiger partial charge < -0.3 is 9.64 Å². The standard InChI is InChI=1S/C21H27N7O/c1-15-18-20(26(2)25-15)23-19(16-4-3-7-22-14-16)24-21(18)28-8-5-17(6-9-28)27-10-12-29-13-11-27/h3-4,7,14,17H,5-6,8-13H2,1-2H3. The van der Waals surface area contributed by atoms with Gasteiger partial charge in [-0.15, -0.1) is 0 Å². The number of piperidine rings is 1. The smallest absolute Gasteiger partial charge is 0.165 e. The molecule has 2 saturated heterocycles. The molecular weight excluding hydrogens is 366 g/mol. The van der Waals surface area contributed by atoms with E-state index in [1.54, 1.807) is 6.20 Å².